The maximum absolute atomic E-state index is 12.3. The molecule has 0 saturated heterocycles. The number of hydrogen-bond donors (Lipinski definition) is 3. The van der Waals surface area contributed by atoms with Gasteiger partial charge in [-0.15, -0.1) is 0 Å². The molecule has 1 heterocycles. The van der Waals surface area contributed by atoms with Crippen LogP contribution >= 0.6 is 0 Å². The van der Waals surface area contributed by atoms with Crippen molar-refractivity contribution in [3.8, 4) is 0 Å². The third-order valence-electron chi connectivity index (χ3n) is 9.40. The van der Waals surface area contributed by atoms with Crippen LogP contribution in [0.1, 0.15) is 54.5 Å². The molecule has 0 aliphatic heterocycles. The Morgan fingerprint density at radius 3 is 1.66 bits per heavy atom. The lowest BCUT2D eigenvalue weighted by atomic mass is 9.83. The number of unbranched alkanes of at least 4 members (excludes halogenated alkanes) is 2. The van der Waals surface area contributed by atoms with Gasteiger partial charge in [0.05, 0.1) is 25.9 Å². The summed E-state index contributed by atoms with van der Waals surface area (Å²) in [6, 6.07) is 38.2. The van der Waals surface area contributed by atoms with Crippen LogP contribution in [0.25, 0.3) is 10.9 Å². The van der Waals surface area contributed by atoms with E-state index in [0.717, 1.165) is 52.4 Å². The molecule has 7 atom stereocenters. The molecular formula is C42H50N2O6. The standard InChI is InChI=1S/C42H50N2O6/c1-30(35-26-44-36-23-13-12-22-34(35)36)50-39-37(45)38(46-25-15-5-14-24-43)40(47-27-31-16-6-2-7-17-31)42(49-29-33-20-10-4-11-21-33)41(39)48-28-32-18-8-3-9-19-32/h2-4,6-13,16-23,26,30,37-42,44-45H,5,14-15,24-25,27-29,43H2,1H3. The SMILES string of the molecule is CC(OC1C(O)C(OCCCCCN)C(OCc2ccccc2)C(OCc2ccccc2)C1OCc1ccccc1)c1c[nH]c2ccccc12. The predicted molar refractivity (Wildman–Crippen MR) is 195 cm³/mol. The van der Waals surface area contributed by atoms with Crippen LogP contribution in [0.5, 0.6) is 0 Å². The summed E-state index contributed by atoms with van der Waals surface area (Å²) in [7, 11) is 0. The average Bonchev–Trinajstić information content (AvgIpc) is 3.60. The van der Waals surface area contributed by atoms with Crippen molar-refractivity contribution in [2.24, 2.45) is 5.73 Å². The van der Waals surface area contributed by atoms with E-state index in [1.54, 1.807) is 0 Å². The molecule has 4 N–H and O–H groups in total. The minimum Gasteiger partial charge on any atom is -0.387 e. The number of aliphatic hydroxyl groups excluding tert-OH is 1. The van der Waals surface area contributed by atoms with Gasteiger partial charge < -0.3 is 39.5 Å². The number of nitrogens with one attached hydrogen (secondary N) is 1. The molecule has 0 bridgehead atoms. The fourth-order valence-corrected chi connectivity index (χ4v) is 6.74. The van der Waals surface area contributed by atoms with Crippen LogP contribution in [0.2, 0.25) is 0 Å². The summed E-state index contributed by atoms with van der Waals surface area (Å²) < 4.78 is 33.8. The van der Waals surface area contributed by atoms with Gasteiger partial charge in [0.25, 0.3) is 0 Å². The first-order chi connectivity index (χ1) is 24.6. The lowest BCUT2D eigenvalue weighted by molar-refractivity contribution is -0.285. The molecule has 7 unspecified atom stereocenters. The molecule has 1 saturated carbocycles. The molecule has 5 aromatic rings. The van der Waals surface area contributed by atoms with E-state index in [2.05, 4.69) is 11.1 Å². The van der Waals surface area contributed by atoms with Crippen molar-refractivity contribution < 1.29 is 28.8 Å². The number of aromatic nitrogens is 1. The Labute approximate surface area is 295 Å². The number of aliphatic hydroxyl groups is 1. The van der Waals surface area contributed by atoms with Crippen molar-refractivity contribution in [2.75, 3.05) is 13.2 Å². The Hall–Kier alpha value is -3.86. The summed E-state index contributed by atoms with van der Waals surface area (Å²) in [5, 5.41) is 13.4. The molecule has 50 heavy (non-hydrogen) atoms. The van der Waals surface area contributed by atoms with Gasteiger partial charge in [-0.25, -0.2) is 0 Å². The van der Waals surface area contributed by atoms with Crippen molar-refractivity contribution in [1.82, 2.24) is 4.98 Å². The zero-order valence-corrected chi connectivity index (χ0v) is 28.8. The van der Waals surface area contributed by atoms with Gasteiger partial charge in [0.1, 0.15) is 36.6 Å². The Bertz CT molecular complexity index is 1680. The molecule has 8 heteroatoms. The molecular weight excluding hydrogens is 628 g/mol. The lowest BCUT2D eigenvalue weighted by Crippen LogP contribution is -2.67. The number of rotatable bonds is 18. The van der Waals surface area contributed by atoms with E-state index in [1.807, 2.05) is 122 Å². The van der Waals surface area contributed by atoms with Gasteiger partial charge in [-0.1, -0.05) is 109 Å². The monoisotopic (exact) mass is 678 g/mol. The number of benzene rings is 4. The highest BCUT2D eigenvalue weighted by atomic mass is 16.6. The highest BCUT2D eigenvalue weighted by molar-refractivity contribution is 5.83. The first-order valence-electron chi connectivity index (χ1n) is 17.8. The Morgan fingerprint density at radius 1 is 0.600 bits per heavy atom. The van der Waals surface area contributed by atoms with Crippen LogP contribution < -0.4 is 5.73 Å². The predicted octanol–water partition coefficient (Wildman–Crippen LogP) is 7.26. The number of H-pyrrole nitrogens is 1. The summed E-state index contributed by atoms with van der Waals surface area (Å²) in [4.78, 5) is 3.36. The molecule has 8 nitrogen and oxygen atoms in total. The normalized spacial score (nSPS) is 22.9. The summed E-state index contributed by atoms with van der Waals surface area (Å²) in [5.41, 5.74) is 10.8. The maximum atomic E-state index is 12.3. The second-order valence-corrected chi connectivity index (χ2v) is 13.0. The van der Waals surface area contributed by atoms with E-state index in [0.29, 0.717) is 33.0 Å². The van der Waals surface area contributed by atoms with Gasteiger partial charge in [-0.3, -0.25) is 0 Å². The lowest BCUT2D eigenvalue weighted by Gasteiger charge is -2.49. The second kappa shape index (κ2) is 18.4. The third kappa shape index (κ3) is 9.27. The van der Waals surface area contributed by atoms with Crippen molar-refractivity contribution in [2.45, 2.75) is 88.7 Å². The summed E-state index contributed by atoms with van der Waals surface area (Å²) in [5.74, 6) is 0. The summed E-state index contributed by atoms with van der Waals surface area (Å²) in [6.45, 7) is 4.04. The highest BCUT2D eigenvalue weighted by Crippen LogP contribution is 2.37. The number of fused-ring (bicyclic) bond motifs is 1. The molecule has 264 valence electrons. The number of aromatic amines is 1. The molecule has 6 rings (SSSR count). The first-order valence-corrected chi connectivity index (χ1v) is 17.8. The zero-order valence-electron chi connectivity index (χ0n) is 28.8. The van der Waals surface area contributed by atoms with Crippen molar-refractivity contribution in [1.29, 1.82) is 0 Å². The smallest absolute Gasteiger partial charge is 0.116 e. The quantitative estimate of drug-likeness (QED) is 0.0838. The second-order valence-electron chi connectivity index (χ2n) is 13.0. The van der Waals surface area contributed by atoms with Gasteiger partial charge in [0.15, 0.2) is 0 Å². The van der Waals surface area contributed by atoms with Gasteiger partial charge in [0, 0.05) is 29.3 Å². The Morgan fingerprint density at radius 2 is 1.10 bits per heavy atom. The van der Waals surface area contributed by atoms with Gasteiger partial charge in [0.2, 0.25) is 0 Å². The molecule has 0 spiro atoms. The maximum Gasteiger partial charge on any atom is 0.116 e. The Balaban J connectivity index is 1.35. The topological polar surface area (TPSA) is 108 Å². The zero-order chi connectivity index (χ0) is 34.5. The van der Waals surface area contributed by atoms with E-state index >= 15 is 0 Å². The van der Waals surface area contributed by atoms with E-state index in [-0.39, 0.29) is 6.10 Å². The van der Waals surface area contributed by atoms with Gasteiger partial charge >= 0.3 is 0 Å². The van der Waals surface area contributed by atoms with Gasteiger partial charge in [-0.2, -0.15) is 0 Å². The molecule has 1 aromatic heterocycles. The van der Waals surface area contributed by atoms with Crippen LogP contribution in [-0.4, -0.2) is 59.9 Å². The Kier molecular flexibility index (Phi) is 13.2. The van der Waals surface area contributed by atoms with Crippen molar-refractivity contribution in [3.63, 3.8) is 0 Å². The van der Waals surface area contributed by atoms with Crippen LogP contribution in [-0.2, 0) is 43.5 Å². The van der Waals surface area contributed by atoms with Gasteiger partial charge in [-0.05, 0) is 55.5 Å². The molecule has 1 aliphatic rings. The fourth-order valence-electron chi connectivity index (χ4n) is 6.74. The van der Waals surface area contributed by atoms with Crippen LogP contribution in [0.15, 0.2) is 121 Å². The number of para-hydroxylation sites is 1. The molecule has 1 aliphatic carbocycles. The van der Waals surface area contributed by atoms with Crippen molar-refractivity contribution >= 4 is 10.9 Å². The van der Waals surface area contributed by atoms with Crippen LogP contribution in [0.3, 0.4) is 0 Å². The average molecular weight is 679 g/mol. The summed E-state index contributed by atoms with van der Waals surface area (Å²) >= 11 is 0. The van der Waals surface area contributed by atoms with Crippen molar-refractivity contribution in [3.05, 3.63) is 144 Å². The highest BCUT2D eigenvalue weighted by Gasteiger charge is 2.54. The number of hydrogen-bond acceptors (Lipinski definition) is 7. The van der Waals surface area contributed by atoms with E-state index < -0.39 is 36.6 Å². The largest absolute Gasteiger partial charge is 0.387 e. The number of nitrogens with two attached hydrogens (primary N) is 1. The van der Waals surface area contributed by atoms with E-state index in [1.165, 1.54) is 0 Å². The third-order valence-corrected chi connectivity index (χ3v) is 9.40. The molecule has 0 radical (unpaired) electrons. The van der Waals surface area contributed by atoms with E-state index in [4.69, 9.17) is 29.4 Å². The molecule has 0 amide bonds. The minimum atomic E-state index is -1.07. The number of ether oxygens (including phenoxy) is 5. The van der Waals surface area contributed by atoms with Crippen LogP contribution in [0.4, 0.5) is 0 Å². The summed E-state index contributed by atoms with van der Waals surface area (Å²) in [6.07, 6.45) is -0.349. The van der Waals surface area contributed by atoms with Crippen LogP contribution in [0, 0.1) is 0 Å². The minimum absolute atomic E-state index is 0.306. The van der Waals surface area contributed by atoms with E-state index in [9.17, 15) is 5.11 Å². The first kappa shape index (κ1) is 35.9. The fraction of sp³-hybridized carbons (Fsp3) is 0.381. The molecule has 4 aromatic carbocycles. The molecule has 1 fully saturated rings.